The Balaban J connectivity index is 1.89. The molecule has 150 valence electrons. The van der Waals surface area contributed by atoms with Crippen molar-refractivity contribution in [3.05, 3.63) is 69.0 Å². The van der Waals surface area contributed by atoms with Crippen LogP contribution in [0.3, 0.4) is 0 Å². The lowest BCUT2D eigenvalue weighted by molar-refractivity contribution is -0.102. The molecule has 1 fully saturated rings. The molecule has 1 aromatic heterocycles. The number of aromatic amines is 1. The van der Waals surface area contributed by atoms with Crippen LogP contribution < -0.4 is 14.9 Å². The second kappa shape index (κ2) is 6.34. The Morgan fingerprint density at radius 1 is 1.10 bits per heavy atom. The van der Waals surface area contributed by atoms with Crippen molar-refractivity contribution in [2.24, 2.45) is 0 Å². The van der Waals surface area contributed by atoms with Crippen LogP contribution in [0.25, 0.3) is 10.9 Å². The highest BCUT2D eigenvalue weighted by atomic mass is 16.5. The summed E-state index contributed by atoms with van der Waals surface area (Å²) in [6.45, 7) is 1.81. The third-order valence-electron chi connectivity index (χ3n) is 6.28. The Bertz CT molecular complexity index is 1180. The first-order chi connectivity index (χ1) is 14.0. The van der Waals surface area contributed by atoms with E-state index in [4.69, 9.17) is 14.2 Å². The highest BCUT2D eigenvalue weighted by Gasteiger charge is 2.53. The van der Waals surface area contributed by atoms with Gasteiger partial charge in [0.15, 0.2) is 5.75 Å². The minimum atomic E-state index is -1.41. The summed E-state index contributed by atoms with van der Waals surface area (Å²) in [5.41, 5.74) is 1.87. The molecule has 0 spiro atoms. The van der Waals surface area contributed by atoms with Crippen molar-refractivity contribution in [3.8, 4) is 11.5 Å². The lowest BCUT2D eigenvalue weighted by Crippen LogP contribution is -2.44. The van der Waals surface area contributed by atoms with E-state index in [2.05, 4.69) is 4.98 Å². The van der Waals surface area contributed by atoms with Crippen LogP contribution in [0.4, 0.5) is 0 Å². The van der Waals surface area contributed by atoms with Gasteiger partial charge in [0, 0.05) is 11.1 Å². The number of para-hydroxylation sites is 1. The number of aliphatic hydroxyl groups is 1. The van der Waals surface area contributed by atoms with Gasteiger partial charge in [-0.15, -0.1) is 0 Å². The van der Waals surface area contributed by atoms with Crippen molar-refractivity contribution < 1.29 is 19.3 Å². The van der Waals surface area contributed by atoms with Crippen LogP contribution in [-0.4, -0.2) is 30.4 Å². The van der Waals surface area contributed by atoms with E-state index < -0.39 is 11.7 Å². The molecule has 1 saturated heterocycles. The molecule has 3 heterocycles. The first kappa shape index (κ1) is 18.2. The van der Waals surface area contributed by atoms with Gasteiger partial charge < -0.3 is 24.3 Å². The molecule has 6 heteroatoms. The predicted molar refractivity (Wildman–Crippen MR) is 109 cm³/mol. The van der Waals surface area contributed by atoms with Crippen LogP contribution >= 0.6 is 0 Å². The number of ether oxygens (including phenoxy) is 3. The molecule has 0 aliphatic carbocycles. The first-order valence-corrected chi connectivity index (χ1v) is 9.76. The molecule has 2 bridgehead atoms. The van der Waals surface area contributed by atoms with Gasteiger partial charge in [0.1, 0.15) is 11.4 Å². The van der Waals surface area contributed by atoms with Crippen molar-refractivity contribution in [2.45, 2.75) is 37.6 Å². The summed E-state index contributed by atoms with van der Waals surface area (Å²) < 4.78 is 17.2. The average molecular weight is 393 g/mol. The summed E-state index contributed by atoms with van der Waals surface area (Å²) in [5, 5.41) is 12.6. The van der Waals surface area contributed by atoms with Gasteiger partial charge in [-0.3, -0.25) is 4.79 Å². The third-order valence-corrected chi connectivity index (χ3v) is 6.28. The van der Waals surface area contributed by atoms with E-state index in [0.717, 1.165) is 12.0 Å². The zero-order valence-electron chi connectivity index (χ0n) is 16.6. The second-order valence-corrected chi connectivity index (χ2v) is 7.72. The maximum atomic E-state index is 13.3. The molecule has 29 heavy (non-hydrogen) atoms. The maximum absolute atomic E-state index is 13.3. The molecule has 0 saturated carbocycles. The van der Waals surface area contributed by atoms with Crippen LogP contribution in [0.1, 0.15) is 41.3 Å². The highest BCUT2D eigenvalue weighted by molar-refractivity contribution is 5.86. The monoisotopic (exact) mass is 393 g/mol. The number of rotatable bonds is 3. The first-order valence-electron chi connectivity index (χ1n) is 9.76. The fraction of sp³-hybridized carbons (Fsp3) is 0.348. The van der Waals surface area contributed by atoms with Gasteiger partial charge in [-0.2, -0.15) is 0 Å². The normalized spacial score (nSPS) is 25.1. The summed E-state index contributed by atoms with van der Waals surface area (Å²) in [5.74, 6) is 0.872. The maximum Gasteiger partial charge on any atom is 0.231 e. The van der Waals surface area contributed by atoms with E-state index >= 15 is 0 Å². The lowest BCUT2D eigenvalue weighted by Gasteiger charge is -2.41. The zero-order chi connectivity index (χ0) is 20.3. The topological polar surface area (TPSA) is 80.8 Å². The van der Waals surface area contributed by atoms with Crippen LogP contribution in [0.2, 0.25) is 0 Å². The van der Waals surface area contributed by atoms with E-state index in [0.29, 0.717) is 39.9 Å². The second-order valence-electron chi connectivity index (χ2n) is 7.72. The summed E-state index contributed by atoms with van der Waals surface area (Å²) in [6.07, 6.45) is 0.794. The van der Waals surface area contributed by atoms with Gasteiger partial charge in [-0.05, 0) is 37.5 Å². The molecule has 0 amide bonds. The molecule has 3 atom stereocenters. The smallest absolute Gasteiger partial charge is 0.231 e. The van der Waals surface area contributed by atoms with Crippen LogP contribution in [0.15, 0.2) is 41.2 Å². The average Bonchev–Trinajstić information content (AvgIpc) is 3.19. The number of hydrogen-bond acceptors (Lipinski definition) is 5. The number of pyridine rings is 1. The minimum Gasteiger partial charge on any atom is -0.496 e. The number of fused-ring (bicyclic) bond motifs is 6. The predicted octanol–water partition coefficient (Wildman–Crippen LogP) is 3.32. The van der Waals surface area contributed by atoms with Gasteiger partial charge in [-0.25, -0.2) is 0 Å². The quantitative estimate of drug-likeness (QED) is 0.714. The van der Waals surface area contributed by atoms with Crippen molar-refractivity contribution in [3.63, 3.8) is 0 Å². The third kappa shape index (κ3) is 2.33. The molecule has 0 unspecified atom stereocenters. The molecule has 0 radical (unpaired) electrons. The minimum absolute atomic E-state index is 0.188. The Hall–Kier alpha value is -2.83. The van der Waals surface area contributed by atoms with E-state index in [1.807, 2.05) is 43.3 Å². The number of methoxy groups -OCH3 is 2. The van der Waals surface area contributed by atoms with Gasteiger partial charge in [0.05, 0.1) is 43.0 Å². The molecule has 3 aromatic rings. The Labute approximate surface area is 168 Å². The number of nitrogens with one attached hydrogen (secondary N) is 1. The van der Waals surface area contributed by atoms with Gasteiger partial charge in [0.2, 0.25) is 5.43 Å². The molecular weight excluding hydrogens is 370 g/mol. The number of benzene rings is 2. The van der Waals surface area contributed by atoms with Gasteiger partial charge in [0.25, 0.3) is 0 Å². The SMILES string of the molecule is COc1ccccc1[C@@]1(O)c2ccc3[nH]c(C)c(OC)c(=O)c3c2[C@@H]2CC[C@H]1O2. The van der Waals surface area contributed by atoms with E-state index in [1.54, 1.807) is 7.11 Å². The van der Waals surface area contributed by atoms with Crippen LogP contribution in [0, 0.1) is 6.92 Å². The number of hydrogen-bond donors (Lipinski definition) is 2. The molecular formula is C23H23NO5. The molecule has 2 aliphatic heterocycles. The molecule has 2 aliphatic rings. The summed E-state index contributed by atoms with van der Waals surface area (Å²) in [6, 6.07) is 11.2. The number of aromatic nitrogens is 1. The Kier molecular flexibility index (Phi) is 3.98. The molecule has 6 nitrogen and oxygen atoms in total. The fourth-order valence-corrected chi connectivity index (χ4v) is 5.03. The lowest BCUT2D eigenvalue weighted by atomic mass is 9.77. The van der Waals surface area contributed by atoms with Crippen molar-refractivity contribution in [1.29, 1.82) is 0 Å². The van der Waals surface area contributed by atoms with Crippen molar-refractivity contribution >= 4 is 10.9 Å². The summed E-state index contributed by atoms with van der Waals surface area (Å²) >= 11 is 0. The standard InChI is InChI=1S/C23H23NO5/c1-12-22(28-3)21(25)20-15(24-12)9-8-14-19(20)17-10-11-18(29-17)23(14,26)13-6-4-5-7-16(13)27-2/h4-9,17-18,26H,10-11H2,1-3H3,(H,24,25)/t17-,18+,23+/m0/s1. The van der Waals surface area contributed by atoms with Crippen molar-refractivity contribution in [1.82, 2.24) is 4.98 Å². The highest BCUT2D eigenvalue weighted by Crippen LogP contribution is 2.54. The van der Waals surface area contributed by atoms with Gasteiger partial charge >= 0.3 is 0 Å². The number of aryl methyl sites for hydroxylation is 1. The zero-order valence-corrected chi connectivity index (χ0v) is 16.6. The van der Waals surface area contributed by atoms with Crippen molar-refractivity contribution in [2.75, 3.05) is 14.2 Å². The Morgan fingerprint density at radius 2 is 1.90 bits per heavy atom. The summed E-state index contributed by atoms with van der Waals surface area (Å²) in [4.78, 5) is 16.6. The summed E-state index contributed by atoms with van der Waals surface area (Å²) in [7, 11) is 3.08. The Morgan fingerprint density at radius 3 is 2.66 bits per heavy atom. The largest absolute Gasteiger partial charge is 0.496 e. The molecule has 2 N–H and O–H groups in total. The van der Waals surface area contributed by atoms with Crippen LogP contribution in [-0.2, 0) is 10.3 Å². The fourth-order valence-electron chi connectivity index (χ4n) is 5.03. The molecule has 5 rings (SSSR count). The van der Waals surface area contributed by atoms with Gasteiger partial charge in [-0.1, -0.05) is 24.3 Å². The molecule has 2 aromatic carbocycles. The van der Waals surface area contributed by atoms with E-state index in [1.165, 1.54) is 7.11 Å². The van der Waals surface area contributed by atoms with E-state index in [-0.39, 0.29) is 17.3 Å². The van der Waals surface area contributed by atoms with Crippen LogP contribution in [0.5, 0.6) is 11.5 Å². The van der Waals surface area contributed by atoms with E-state index in [9.17, 15) is 9.90 Å². The number of H-pyrrole nitrogens is 1.